The average Bonchev–Trinajstić information content (AvgIpc) is 2.34. The zero-order valence-electron chi connectivity index (χ0n) is 10.5. The van der Waals surface area contributed by atoms with Gasteiger partial charge in [-0.3, -0.25) is 4.79 Å². The van der Waals surface area contributed by atoms with Gasteiger partial charge in [-0.2, -0.15) is 0 Å². The number of methoxy groups -OCH3 is 2. The van der Waals surface area contributed by atoms with Crippen LogP contribution in [-0.4, -0.2) is 31.8 Å². The number of hydrogen-bond acceptors (Lipinski definition) is 4. The molecule has 3 N–H and O–H groups in total. The van der Waals surface area contributed by atoms with Crippen molar-refractivity contribution in [2.24, 2.45) is 5.73 Å². The third kappa shape index (κ3) is 2.59. The van der Waals surface area contributed by atoms with Crippen LogP contribution in [-0.2, 0) is 4.79 Å². The number of benzene rings is 1. The van der Waals surface area contributed by atoms with Crippen LogP contribution in [0.1, 0.15) is 17.0 Å². The van der Waals surface area contributed by atoms with Crippen LogP contribution in [0.3, 0.4) is 0 Å². The van der Waals surface area contributed by atoms with Gasteiger partial charge < -0.3 is 20.3 Å². The molecule has 0 fully saturated rings. The first-order chi connectivity index (χ1) is 8.47. The zero-order valence-corrected chi connectivity index (χ0v) is 12.1. The van der Waals surface area contributed by atoms with Crippen molar-refractivity contribution in [3.63, 3.8) is 0 Å². The molecule has 0 spiro atoms. The third-order valence-electron chi connectivity index (χ3n) is 2.70. The summed E-state index contributed by atoms with van der Waals surface area (Å²) in [7, 11) is 2.98. The molecule has 0 saturated heterocycles. The minimum absolute atomic E-state index is 0.0170. The van der Waals surface area contributed by atoms with Crippen molar-refractivity contribution in [2.45, 2.75) is 12.8 Å². The van der Waals surface area contributed by atoms with Crippen molar-refractivity contribution in [2.75, 3.05) is 20.8 Å². The van der Waals surface area contributed by atoms with Crippen LogP contribution in [0.15, 0.2) is 10.5 Å². The van der Waals surface area contributed by atoms with Gasteiger partial charge in [0.2, 0.25) is 0 Å². The average molecular weight is 318 g/mol. The van der Waals surface area contributed by atoms with Crippen molar-refractivity contribution in [3.8, 4) is 11.5 Å². The first-order valence-electron chi connectivity index (χ1n) is 5.31. The molecule has 1 aromatic rings. The molecule has 0 aromatic heterocycles. The Bertz CT molecular complexity index is 462. The van der Waals surface area contributed by atoms with Gasteiger partial charge in [0.1, 0.15) is 0 Å². The van der Waals surface area contributed by atoms with Gasteiger partial charge in [0.05, 0.1) is 20.1 Å². The molecule has 0 saturated carbocycles. The Balaban J connectivity index is 3.57. The normalized spacial score (nSPS) is 12.1. The molecular weight excluding hydrogens is 302 g/mol. The summed E-state index contributed by atoms with van der Waals surface area (Å²) in [5.41, 5.74) is 6.91. The summed E-state index contributed by atoms with van der Waals surface area (Å²) in [5.74, 6) is -0.951. The smallest absolute Gasteiger partial charge is 0.312 e. The standard InChI is InChI=1S/C12H16BrNO4/c1-6-4-8(17-2)11(18-3)9(10(6)13)7(5-14)12(15)16/h4,7H,5,14H2,1-3H3,(H,15,16). The maximum absolute atomic E-state index is 11.3. The van der Waals surface area contributed by atoms with Crippen molar-refractivity contribution in [3.05, 3.63) is 21.7 Å². The fraction of sp³-hybridized carbons (Fsp3) is 0.417. The predicted octanol–water partition coefficient (Wildman–Crippen LogP) is 1.90. The van der Waals surface area contributed by atoms with Crippen LogP contribution >= 0.6 is 15.9 Å². The Morgan fingerprint density at radius 2 is 2.11 bits per heavy atom. The minimum Gasteiger partial charge on any atom is -0.493 e. The second-order valence-electron chi connectivity index (χ2n) is 3.78. The van der Waals surface area contributed by atoms with Crippen LogP contribution < -0.4 is 15.2 Å². The molecule has 1 unspecified atom stereocenters. The van der Waals surface area contributed by atoms with Gasteiger partial charge in [0, 0.05) is 16.6 Å². The fourth-order valence-electron chi connectivity index (χ4n) is 1.79. The minimum atomic E-state index is -0.996. The van der Waals surface area contributed by atoms with E-state index in [-0.39, 0.29) is 6.54 Å². The molecule has 6 heteroatoms. The summed E-state index contributed by atoms with van der Waals surface area (Å²) in [4.78, 5) is 11.3. The molecule has 0 amide bonds. The van der Waals surface area contributed by atoms with Gasteiger partial charge in [-0.25, -0.2) is 0 Å². The first kappa shape index (κ1) is 14.8. The van der Waals surface area contributed by atoms with Gasteiger partial charge in [-0.1, -0.05) is 15.9 Å². The number of nitrogens with two attached hydrogens (primary N) is 1. The van der Waals surface area contributed by atoms with Crippen molar-refractivity contribution < 1.29 is 19.4 Å². The number of aryl methyl sites for hydroxylation is 1. The monoisotopic (exact) mass is 317 g/mol. The lowest BCUT2D eigenvalue weighted by molar-refractivity contribution is -0.138. The summed E-state index contributed by atoms with van der Waals surface area (Å²) >= 11 is 3.39. The van der Waals surface area contributed by atoms with Crippen molar-refractivity contribution in [1.29, 1.82) is 0 Å². The summed E-state index contributed by atoms with van der Waals surface area (Å²) in [6, 6.07) is 1.78. The Morgan fingerprint density at radius 1 is 1.50 bits per heavy atom. The number of carboxylic acid groups (broad SMARTS) is 1. The van der Waals surface area contributed by atoms with Gasteiger partial charge in [0.25, 0.3) is 0 Å². The molecular formula is C12H16BrNO4. The molecule has 0 aliphatic heterocycles. The molecule has 0 bridgehead atoms. The highest BCUT2D eigenvalue weighted by atomic mass is 79.9. The fourth-order valence-corrected chi connectivity index (χ4v) is 2.36. The highest BCUT2D eigenvalue weighted by Gasteiger charge is 2.28. The third-order valence-corrected chi connectivity index (χ3v) is 3.76. The number of carbonyl (C=O) groups is 1. The maximum atomic E-state index is 11.3. The number of aliphatic carboxylic acids is 1. The van der Waals surface area contributed by atoms with Gasteiger partial charge in [-0.05, 0) is 18.6 Å². The number of ether oxygens (including phenoxy) is 2. The topological polar surface area (TPSA) is 81.8 Å². The Morgan fingerprint density at radius 3 is 2.50 bits per heavy atom. The van der Waals surface area contributed by atoms with E-state index in [1.165, 1.54) is 14.2 Å². The molecule has 1 rings (SSSR count). The molecule has 0 aliphatic rings. The van der Waals surface area contributed by atoms with Gasteiger partial charge in [-0.15, -0.1) is 0 Å². The Labute approximate surface area is 114 Å². The second-order valence-corrected chi connectivity index (χ2v) is 4.58. The molecule has 0 heterocycles. The maximum Gasteiger partial charge on any atom is 0.312 e. The first-order valence-corrected chi connectivity index (χ1v) is 6.11. The molecule has 18 heavy (non-hydrogen) atoms. The summed E-state index contributed by atoms with van der Waals surface area (Å²) in [6.45, 7) is 1.84. The van der Waals surface area contributed by atoms with E-state index in [1.54, 1.807) is 6.07 Å². The summed E-state index contributed by atoms with van der Waals surface area (Å²) in [6.07, 6.45) is 0. The van der Waals surface area contributed by atoms with Gasteiger partial charge >= 0.3 is 5.97 Å². The number of halogens is 1. The lowest BCUT2D eigenvalue weighted by atomic mass is 9.96. The van der Waals surface area contributed by atoms with E-state index in [1.807, 2.05) is 6.92 Å². The molecule has 1 atom stereocenters. The SMILES string of the molecule is COc1cc(C)c(Br)c(C(CN)C(=O)O)c1OC. The summed E-state index contributed by atoms with van der Waals surface area (Å²) < 4.78 is 11.1. The largest absolute Gasteiger partial charge is 0.493 e. The van der Waals surface area contributed by atoms with E-state index in [4.69, 9.17) is 15.2 Å². The van der Waals surface area contributed by atoms with E-state index in [0.717, 1.165) is 5.56 Å². The highest BCUT2D eigenvalue weighted by molar-refractivity contribution is 9.10. The van der Waals surface area contributed by atoms with E-state index < -0.39 is 11.9 Å². The van der Waals surface area contributed by atoms with Crippen LogP contribution in [0.4, 0.5) is 0 Å². The Hall–Kier alpha value is -1.27. The molecule has 100 valence electrons. The van der Waals surface area contributed by atoms with Crippen LogP contribution in [0.25, 0.3) is 0 Å². The highest BCUT2D eigenvalue weighted by Crippen LogP contribution is 2.42. The van der Waals surface area contributed by atoms with Gasteiger partial charge in [0.15, 0.2) is 11.5 Å². The van der Waals surface area contributed by atoms with Crippen LogP contribution in [0.5, 0.6) is 11.5 Å². The second kappa shape index (κ2) is 6.06. The molecule has 0 radical (unpaired) electrons. The molecule has 0 aliphatic carbocycles. The van der Waals surface area contributed by atoms with E-state index in [2.05, 4.69) is 15.9 Å². The van der Waals surface area contributed by atoms with Crippen LogP contribution in [0, 0.1) is 6.92 Å². The number of carboxylic acids is 1. The van der Waals surface area contributed by atoms with Crippen LogP contribution in [0.2, 0.25) is 0 Å². The quantitative estimate of drug-likeness (QED) is 0.866. The van der Waals surface area contributed by atoms with E-state index in [9.17, 15) is 9.90 Å². The Kier molecular flexibility index (Phi) is 4.98. The van der Waals surface area contributed by atoms with Crippen molar-refractivity contribution in [1.82, 2.24) is 0 Å². The lowest BCUT2D eigenvalue weighted by Crippen LogP contribution is -2.22. The lowest BCUT2D eigenvalue weighted by Gasteiger charge is -2.20. The number of rotatable bonds is 5. The predicted molar refractivity (Wildman–Crippen MR) is 71.4 cm³/mol. The number of hydrogen-bond donors (Lipinski definition) is 2. The molecule has 1 aromatic carbocycles. The van der Waals surface area contributed by atoms with E-state index >= 15 is 0 Å². The summed E-state index contributed by atoms with van der Waals surface area (Å²) in [5, 5.41) is 9.23. The van der Waals surface area contributed by atoms with Crippen molar-refractivity contribution >= 4 is 21.9 Å². The zero-order chi connectivity index (χ0) is 13.9. The van der Waals surface area contributed by atoms with E-state index in [0.29, 0.717) is 21.5 Å². The molecule has 5 nitrogen and oxygen atoms in total.